The Morgan fingerprint density at radius 3 is 2.85 bits per heavy atom. The van der Waals surface area contributed by atoms with Gasteiger partial charge in [-0.1, -0.05) is 25.1 Å². The van der Waals surface area contributed by atoms with Crippen LogP contribution in [0.25, 0.3) is 23.1 Å². The highest BCUT2D eigenvalue weighted by Gasteiger charge is 2.32. The molecule has 1 amide bonds. The van der Waals surface area contributed by atoms with Crippen LogP contribution in [0, 0.1) is 17.7 Å². The van der Waals surface area contributed by atoms with Crippen molar-refractivity contribution in [2.24, 2.45) is 11.8 Å². The maximum absolute atomic E-state index is 14.2. The van der Waals surface area contributed by atoms with E-state index in [-0.39, 0.29) is 35.8 Å². The highest BCUT2D eigenvalue weighted by molar-refractivity contribution is 5.94. The average molecular weight is 447 g/mol. The Hall–Kier alpha value is -4.08. The first kappa shape index (κ1) is 20.8. The van der Waals surface area contributed by atoms with Gasteiger partial charge >= 0.3 is 0 Å². The van der Waals surface area contributed by atoms with Gasteiger partial charge < -0.3 is 15.5 Å². The zero-order chi connectivity index (χ0) is 22.9. The molecule has 0 saturated heterocycles. The second kappa shape index (κ2) is 8.45. The standard InChI is InChI=1S/C23H22FN7O2/c1-13(14-6-7-14)22(32)28-18-11-27-21(29-20(18)25)17-10-19(23-26-8-9-33-23)31(30-17)12-15-4-2-3-5-16(15)24/h2-5,8-11,13-14H,6-7,12H2,1H3,(H,28,32)(H2,25,27,29). The summed E-state index contributed by atoms with van der Waals surface area (Å²) in [6, 6.07) is 8.17. The number of hydrogen-bond acceptors (Lipinski definition) is 7. The van der Waals surface area contributed by atoms with E-state index in [1.54, 1.807) is 28.9 Å². The van der Waals surface area contributed by atoms with Crippen molar-refractivity contribution in [3.63, 3.8) is 0 Å². The van der Waals surface area contributed by atoms with Gasteiger partial charge in [-0.05, 0) is 24.8 Å². The number of rotatable bonds is 7. The SMILES string of the molecule is CC(C(=O)Nc1cnc(-c2cc(-c3ncco3)n(Cc3ccccc3F)n2)nc1N)C1CC1. The first-order chi connectivity index (χ1) is 16.0. The fourth-order valence-electron chi connectivity index (χ4n) is 3.63. The van der Waals surface area contributed by atoms with Crippen LogP contribution in [-0.2, 0) is 11.3 Å². The monoisotopic (exact) mass is 447 g/mol. The predicted molar refractivity (Wildman–Crippen MR) is 119 cm³/mol. The molecule has 3 N–H and O–H groups in total. The number of hydrogen-bond donors (Lipinski definition) is 2. The Morgan fingerprint density at radius 1 is 1.33 bits per heavy atom. The molecule has 1 aliphatic carbocycles. The largest absolute Gasteiger partial charge is 0.443 e. The van der Waals surface area contributed by atoms with E-state index in [0.717, 1.165) is 12.8 Å². The Balaban J connectivity index is 1.44. The number of nitrogen functional groups attached to an aromatic ring is 1. The lowest BCUT2D eigenvalue weighted by Crippen LogP contribution is -2.22. The van der Waals surface area contributed by atoms with Crippen LogP contribution in [0.5, 0.6) is 0 Å². The lowest BCUT2D eigenvalue weighted by atomic mass is 10.1. The van der Waals surface area contributed by atoms with Crippen molar-refractivity contribution in [2.75, 3.05) is 11.1 Å². The highest BCUT2D eigenvalue weighted by Crippen LogP contribution is 2.37. The molecule has 9 nitrogen and oxygen atoms in total. The van der Waals surface area contributed by atoms with Crippen molar-refractivity contribution >= 4 is 17.4 Å². The molecular weight excluding hydrogens is 425 g/mol. The summed E-state index contributed by atoms with van der Waals surface area (Å²) >= 11 is 0. The zero-order valence-electron chi connectivity index (χ0n) is 17.9. The number of nitrogens with two attached hydrogens (primary N) is 1. The quantitative estimate of drug-likeness (QED) is 0.442. The van der Waals surface area contributed by atoms with Crippen molar-refractivity contribution in [1.82, 2.24) is 24.7 Å². The number of oxazole rings is 1. The molecule has 168 valence electrons. The maximum atomic E-state index is 14.2. The Labute approximate surface area is 188 Å². The molecule has 10 heteroatoms. The molecule has 1 unspecified atom stereocenters. The normalized spacial score (nSPS) is 14.2. The summed E-state index contributed by atoms with van der Waals surface area (Å²) < 4.78 is 21.2. The third kappa shape index (κ3) is 4.32. The highest BCUT2D eigenvalue weighted by atomic mass is 19.1. The summed E-state index contributed by atoms with van der Waals surface area (Å²) in [5.41, 5.74) is 7.87. The van der Waals surface area contributed by atoms with Gasteiger partial charge in [-0.15, -0.1) is 0 Å². The lowest BCUT2D eigenvalue weighted by Gasteiger charge is -2.12. The van der Waals surface area contributed by atoms with E-state index >= 15 is 0 Å². The molecule has 3 heterocycles. The van der Waals surface area contributed by atoms with Gasteiger partial charge in [0.1, 0.15) is 29.2 Å². The van der Waals surface area contributed by atoms with E-state index in [2.05, 4.69) is 25.4 Å². The molecule has 33 heavy (non-hydrogen) atoms. The summed E-state index contributed by atoms with van der Waals surface area (Å²) in [4.78, 5) is 25.2. The molecule has 1 fully saturated rings. The second-order valence-corrected chi connectivity index (χ2v) is 8.11. The van der Waals surface area contributed by atoms with Crippen molar-refractivity contribution < 1.29 is 13.6 Å². The van der Waals surface area contributed by atoms with Crippen LogP contribution in [0.3, 0.4) is 0 Å². The Kier molecular flexibility index (Phi) is 5.33. The molecule has 1 aliphatic rings. The minimum Gasteiger partial charge on any atom is -0.443 e. The zero-order valence-corrected chi connectivity index (χ0v) is 17.9. The average Bonchev–Trinajstić information content (AvgIpc) is 3.35. The van der Waals surface area contributed by atoms with E-state index in [4.69, 9.17) is 10.2 Å². The number of carbonyl (C=O) groups excluding carboxylic acids is 1. The first-order valence-corrected chi connectivity index (χ1v) is 10.6. The van der Waals surface area contributed by atoms with E-state index in [1.807, 2.05) is 6.92 Å². The predicted octanol–water partition coefficient (Wildman–Crippen LogP) is 3.75. The van der Waals surface area contributed by atoms with E-state index in [9.17, 15) is 9.18 Å². The van der Waals surface area contributed by atoms with Crippen LogP contribution in [0.2, 0.25) is 0 Å². The number of anilines is 2. The summed E-state index contributed by atoms with van der Waals surface area (Å²) in [7, 11) is 0. The number of amides is 1. The topological polar surface area (TPSA) is 125 Å². The van der Waals surface area contributed by atoms with Crippen LogP contribution < -0.4 is 11.1 Å². The van der Waals surface area contributed by atoms with E-state index in [0.29, 0.717) is 34.4 Å². The number of benzene rings is 1. The van der Waals surface area contributed by atoms with Crippen molar-refractivity contribution in [3.05, 3.63) is 60.4 Å². The van der Waals surface area contributed by atoms with Crippen molar-refractivity contribution in [3.8, 4) is 23.1 Å². The van der Waals surface area contributed by atoms with E-state index < -0.39 is 0 Å². The van der Waals surface area contributed by atoms with Crippen LogP contribution in [-0.4, -0.2) is 30.6 Å². The minimum atomic E-state index is -0.339. The third-order valence-corrected chi connectivity index (χ3v) is 5.76. The molecule has 5 rings (SSSR count). The molecule has 0 spiro atoms. The lowest BCUT2D eigenvalue weighted by molar-refractivity contribution is -0.119. The number of carbonyl (C=O) groups is 1. The second-order valence-electron chi connectivity index (χ2n) is 8.11. The van der Waals surface area contributed by atoms with Crippen LogP contribution >= 0.6 is 0 Å². The molecule has 0 radical (unpaired) electrons. The van der Waals surface area contributed by atoms with Gasteiger partial charge in [0.05, 0.1) is 18.9 Å². The molecule has 1 saturated carbocycles. The summed E-state index contributed by atoms with van der Waals surface area (Å²) in [5, 5.41) is 7.35. The summed E-state index contributed by atoms with van der Waals surface area (Å²) in [6.45, 7) is 2.07. The molecule has 3 aromatic heterocycles. The Morgan fingerprint density at radius 2 is 2.15 bits per heavy atom. The molecule has 0 bridgehead atoms. The summed E-state index contributed by atoms with van der Waals surface area (Å²) in [6.07, 6.45) is 6.58. The smallest absolute Gasteiger partial charge is 0.244 e. The fourth-order valence-corrected chi connectivity index (χ4v) is 3.63. The van der Waals surface area contributed by atoms with Gasteiger partial charge in [0, 0.05) is 17.5 Å². The van der Waals surface area contributed by atoms with Gasteiger partial charge in [-0.2, -0.15) is 5.10 Å². The first-order valence-electron chi connectivity index (χ1n) is 10.6. The number of nitrogens with zero attached hydrogens (tertiary/aromatic N) is 5. The Bertz CT molecular complexity index is 1300. The molecule has 1 aromatic carbocycles. The van der Waals surface area contributed by atoms with Gasteiger partial charge in [0.2, 0.25) is 11.8 Å². The number of aromatic nitrogens is 5. The van der Waals surface area contributed by atoms with Gasteiger partial charge in [-0.3, -0.25) is 9.48 Å². The third-order valence-electron chi connectivity index (χ3n) is 5.76. The van der Waals surface area contributed by atoms with Crippen molar-refractivity contribution in [1.29, 1.82) is 0 Å². The van der Waals surface area contributed by atoms with Crippen molar-refractivity contribution in [2.45, 2.75) is 26.3 Å². The molecular formula is C23H22FN7O2. The number of halogens is 1. The van der Waals surface area contributed by atoms with Crippen LogP contribution in [0.1, 0.15) is 25.3 Å². The maximum Gasteiger partial charge on any atom is 0.244 e. The van der Waals surface area contributed by atoms with Crippen LogP contribution in [0.15, 0.2) is 53.4 Å². The van der Waals surface area contributed by atoms with Crippen LogP contribution in [0.4, 0.5) is 15.9 Å². The van der Waals surface area contributed by atoms with Gasteiger partial charge in [-0.25, -0.2) is 19.3 Å². The summed E-state index contributed by atoms with van der Waals surface area (Å²) in [5.74, 6) is 0.643. The minimum absolute atomic E-state index is 0.0819. The van der Waals surface area contributed by atoms with E-state index in [1.165, 1.54) is 24.7 Å². The number of nitrogens with one attached hydrogen (secondary N) is 1. The van der Waals surface area contributed by atoms with Gasteiger partial charge in [0.15, 0.2) is 11.6 Å². The molecule has 1 atom stereocenters. The fraction of sp³-hybridized carbons (Fsp3) is 0.261. The van der Waals surface area contributed by atoms with Gasteiger partial charge in [0.25, 0.3) is 0 Å². The molecule has 4 aromatic rings. The molecule has 0 aliphatic heterocycles.